The van der Waals surface area contributed by atoms with Crippen molar-refractivity contribution in [3.05, 3.63) is 124 Å². The van der Waals surface area contributed by atoms with Crippen LogP contribution < -0.4 is 0 Å². The van der Waals surface area contributed by atoms with E-state index in [1.165, 1.54) is 24.3 Å². The number of nitrogens with zero attached hydrogens (tertiary/aromatic N) is 2. The third-order valence-electron chi connectivity index (χ3n) is 6.41. The lowest BCUT2D eigenvalue weighted by Gasteiger charge is -2.34. The fourth-order valence-corrected chi connectivity index (χ4v) is 4.34. The molecule has 0 amide bonds. The minimum atomic E-state index is -1.26. The molecular formula is C32H33ClF2N2O5. The van der Waals surface area contributed by atoms with Gasteiger partial charge in [0.2, 0.25) is 0 Å². The number of aliphatic carboxylic acids is 2. The number of carboxylic acids is 2. The second-order valence-electron chi connectivity index (χ2n) is 9.46. The topological polar surface area (TPSA) is 90.3 Å². The smallest absolute Gasteiger partial charge is 0.328 e. The molecule has 10 heteroatoms. The van der Waals surface area contributed by atoms with Gasteiger partial charge in [-0.25, -0.2) is 18.4 Å². The van der Waals surface area contributed by atoms with Crippen molar-refractivity contribution in [3.63, 3.8) is 0 Å². The minimum absolute atomic E-state index is 0.289. The molecule has 0 bridgehead atoms. The van der Waals surface area contributed by atoms with Crippen molar-refractivity contribution in [3.8, 4) is 0 Å². The largest absolute Gasteiger partial charge is 0.478 e. The fraction of sp³-hybridized carbons (Fsp3) is 0.250. The van der Waals surface area contributed by atoms with Crippen LogP contribution in [0.4, 0.5) is 8.78 Å². The Morgan fingerprint density at radius 2 is 1.26 bits per heavy atom. The molecule has 0 aliphatic carbocycles. The van der Waals surface area contributed by atoms with Crippen molar-refractivity contribution in [2.24, 2.45) is 0 Å². The summed E-state index contributed by atoms with van der Waals surface area (Å²) in [5.74, 6) is -3.09. The summed E-state index contributed by atoms with van der Waals surface area (Å²) in [4.78, 5) is 23.9. The monoisotopic (exact) mass is 598 g/mol. The van der Waals surface area contributed by atoms with Gasteiger partial charge in [-0.2, -0.15) is 0 Å². The van der Waals surface area contributed by atoms with Crippen LogP contribution in [-0.4, -0.2) is 77.8 Å². The predicted molar refractivity (Wildman–Crippen MR) is 158 cm³/mol. The van der Waals surface area contributed by atoms with Gasteiger partial charge in [0.05, 0.1) is 6.61 Å². The molecule has 1 fully saturated rings. The second-order valence-corrected chi connectivity index (χ2v) is 9.90. The van der Waals surface area contributed by atoms with E-state index in [2.05, 4.69) is 22.0 Å². The second kappa shape index (κ2) is 17.2. The van der Waals surface area contributed by atoms with Gasteiger partial charge in [0.15, 0.2) is 0 Å². The highest BCUT2D eigenvalue weighted by molar-refractivity contribution is 6.30. The number of ether oxygens (including phenoxy) is 1. The van der Waals surface area contributed by atoms with Crippen molar-refractivity contribution >= 4 is 29.6 Å². The lowest BCUT2D eigenvalue weighted by atomic mass is 10.0. The zero-order valence-electron chi connectivity index (χ0n) is 22.9. The third kappa shape index (κ3) is 11.9. The van der Waals surface area contributed by atoms with Crippen molar-refractivity contribution < 1.29 is 33.3 Å². The molecule has 0 atom stereocenters. The molecule has 1 aliphatic rings. The molecular weight excluding hydrogens is 566 g/mol. The number of piperazine rings is 1. The summed E-state index contributed by atoms with van der Waals surface area (Å²) in [5, 5.41) is 16.4. The summed E-state index contributed by atoms with van der Waals surface area (Å²) in [7, 11) is 0. The van der Waals surface area contributed by atoms with E-state index in [0.29, 0.717) is 18.8 Å². The highest BCUT2D eigenvalue weighted by atomic mass is 35.5. The third-order valence-corrected chi connectivity index (χ3v) is 6.67. The molecule has 3 aromatic carbocycles. The van der Waals surface area contributed by atoms with Crippen LogP contribution in [0, 0.1) is 11.6 Å². The van der Waals surface area contributed by atoms with Gasteiger partial charge >= 0.3 is 11.9 Å². The lowest BCUT2D eigenvalue weighted by molar-refractivity contribution is -0.134. The molecule has 0 spiro atoms. The zero-order valence-corrected chi connectivity index (χ0v) is 23.7. The Labute approximate surface area is 248 Å². The summed E-state index contributed by atoms with van der Waals surface area (Å²) in [6.07, 6.45) is 5.07. The van der Waals surface area contributed by atoms with Crippen molar-refractivity contribution in [2.75, 3.05) is 45.9 Å². The van der Waals surface area contributed by atoms with Gasteiger partial charge < -0.3 is 14.9 Å². The maximum Gasteiger partial charge on any atom is 0.328 e. The summed E-state index contributed by atoms with van der Waals surface area (Å²) >= 11 is 5.93. The maximum atomic E-state index is 13.4. The zero-order chi connectivity index (χ0) is 30.3. The highest BCUT2D eigenvalue weighted by Gasteiger charge is 2.18. The predicted octanol–water partition coefficient (Wildman–Crippen LogP) is 5.77. The van der Waals surface area contributed by atoms with Crippen LogP contribution in [0.5, 0.6) is 0 Å². The van der Waals surface area contributed by atoms with Gasteiger partial charge in [0.25, 0.3) is 0 Å². The Balaban J connectivity index is 0.000000531. The van der Waals surface area contributed by atoms with Crippen molar-refractivity contribution in [1.82, 2.24) is 9.80 Å². The van der Waals surface area contributed by atoms with E-state index in [9.17, 15) is 18.4 Å². The molecule has 1 aliphatic heterocycles. The molecule has 4 rings (SSSR count). The molecule has 1 heterocycles. The Morgan fingerprint density at radius 1 is 0.786 bits per heavy atom. The Bertz CT molecular complexity index is 1260. The number of hydrogen-bond acceptors (Lipinski definition) is 5. The first-order valence-electron chi connectivity index (χ1n) is 13.3. The molecule has 0 aromatic heterocycles. The molecule has 0 unspecified atom stereocenters. The average Bonchev–Trinajstić information content (AvgIpc) is 2.98. The van der Waals surface area contributed by atoms with Gasteiger partial charge in [0, 0.05) is 56.4 Å². The molecule has 7 nitrogen and oxygen atoms in total. The van der Waals surface area contributed by atoms with Crippen molar-refractivity contribution in [2.45, 2.75) is 6.10 Å². The van der Waals surface area contributed by atoms with E-state index >= 15 is 0 Å². The van der Waals surface area contributed by atoms with Crippen LogP contribution >= 0.6 is 11.6 Å². The van der Waals surface area contributed by atoms with E-state index in [1.807, 2.05) is 24.3 Å². The summed E-state index contributed by atoms with van der Waals surface area (Å²) in [6.45, 7) is 6.24. The number of benzene rings is 3. The first-order valence-corrected chi connectivity index (χ1v) is 13.7. The standard InChI is InChI=1S/C28H29ClF2N2O.C4H4O4/c29-25-9-3-22(4-10-25)2-1-15-32-16-18-33(19-17-32)20-21-34-28(23-5-11-26(30)12-6-23)24-7-13-27(31)14-8-24;5-3(6)1-2-4(7)8/h1-14,28H,15-21H2;1-2H,(H,5,6)(H,7,8)/b;2-1-. The molecule has 0 saturated carbocycles. The normalized spacial score (nSPS) is 14.3. The Kier molecular flexibility index (Phi) is 13.3. The fourth-order valence-electron chi connectivity index (χ4n) is 4.21. The quantitative estimate of drug-likeness (QED) is 0.271. The number of carbonyl (C=O) groups is 2. The van der Waals surface area contributed by atoms with E-state index in [0.717, 1.165) is 61.0 Å². The molecule has 42 heavy (non-hydrogen) atoms. The van der Waals surface area contributed by atoms with Crippen LogP contribution in [0.2, 0.25) is 5.02 Å². The minimum Gasteiger partial charge on any atom is -0.478 e. The SMILES string of the molecule is Fc1ccc(C(OCCN2CCN(CC=Cc3ccc(Cl)cc3)CC2)c2ccc(F)cc2)cc1.O=C(O)/C=C\C(=O)O. The van der Waals surface area contributed by atoms with E-state index in [-0.39, 0.29) is 17.7 Å². The Hall–Kier alpha value is -3.89. The number of halogens is 3. The molecule has 222 valence electrons. The van der Waals surface area contributed by atoms with Crippen LogP contribution in [0.15, 0.2) is 91.0 Å². The molecule has 1 saturated heterocycles. The van der Waals surface area contributed by atoms with E-state index < -0.39 is 11.9 Å². The van der Waals surface area contributed by atoms with Crippen LogP contribution in [0.1, 0.15) is 22.8 Å². The lowest BCUT2D eigenvalue weighted by Crippen LogP contribution is -2.47. The first kappa shape index (κ1) is 32.6. The highest BCUT2D eigenvalue weighted by Crippen LogP contribution is 2.26. The maximum absolute atomic E-state index is 13.4. The van der Waals surface area contributed by atoms with Gasteiger partial charge in [0.1, 0.15) is 17.7 Å². The summed E-state index contributed by atoms with van der Waals surface area (Å²) < 4.78 is 33.0. The first-order chi connectivity index (χ1) is 20.2. The van der Waals surface area contributed by atoms with Crippen molar-refractivity contribution in [1.29, 1.82) is 0 Å². The number of carboxylic acid groups (broad SMARTS) is 2. The van der Waals surface area contributed by atoms with Gasteiger partial charge in [-0.1, -0.05) is 60.2 Å². The van der Waals surface area contributed by atoms with Crippen LogP contribution in [-0.2, 0) is 14.3 Å². The molecule has 3 aromatic rings. The van der Waals surface area contributed by atoms with E-state index in [4.69, 9.17) is 26.6 Å². The molecule has 0 radical (unpaired) electrons. The van der Waals surface area contributed by atoms with Gasteiger partial charge in [-0.15, -0.1) is 0 Å². The van der Waals surface area contributed by atoms with Crippen LogP contribution in [0.25, 0.3) is 6.08 Å². The average molecular weight is 599 g/mol. The molecule has 2 N–H and O–H groups in total. The summed E-state index contributed by atoms with van der Waals surface area (Å²) in [6, 6.07) is 20.4. The Morgan fingerprint density at radius 3 is 1.74 bits per heavy atom. The summed E-state index contributed by atoms with van der Waals surface area (Å²) in [5.41, 5.74) is 2.85. The number of hydrogen-bond donors (Lipinski definition) is 2. The van der Waals surface area contributed by atoms with Gasteiger partial charge in [-0.3, -0.25) is 9.80 Å². The van der Waals surface area contributed by atoms with Crippen LogP contribution in [0.3, 0.4) is 0 Å². The number of rotatable bonds is 11. The van der Waals surface area contributed by atoms with E-state index in [1.54, 1.807) is 24.3 Å². The van der Waals surface area contributed by atoms with Gasteiger partial charge in [-0.05, 0) is 53.1 Å².